The van der Waals surface area contributed by atoms with Gasteiger partial charge < -0.3 is 14.2 Å². The van der Waals surface area contributed by atoms with Gasteiger partial charge in [0.2, 0.25) is 0 Å². The molecule has 0 aliphatic rings. The number of nitrogens with zero attached hydrogens (tertiary/aromatic N) is 2. The summed E-state index contributed by atoms with van der Waals surface area (Å²) >= 11 is 1.43. The molecule has 1 aromatic heterocycles. The zero-order chi connectivity index (χ0) is 23.0. The van der Waals surface area contributed by atoms with E-state index in [4.69, 9.17) is 14.2 Å². The molecular formula is C27H22N2O3S. The van der Waals surface area contributed by atoms with E-state index in [2.05, 4.69) is 11.1 Å². The van der Waals surface area contributed by atoms with Crippen LogP contribution in [0.15, 0.2) is 78.2 Å². The van der Waals surface area contributed by atoms with Gasteiger partial charge in [-0.05, 0) is 41.5 Å². The number of aromatic nitrogens is 1. The predicted octanol–water partition coefficient (Wildman–Crippen LogP) is 6.47. The maximum absolute atomic E-state index is 9.77. The maximum Gasteiger partial charge on any atom is 0.161 e. The lowest BCUT2D eigenvalue weighted by Crippen LogP contribution is -1.97. The van der Waals surface area contributed by atoms with E-state index >= 15 is 0 Å². The average Bonchev–Trinajstić information content (AvgIpc) is 3.37. The molecule has 0 fully saturated rings. The average molecular weight is 455 g/mol. The molecule has 6 heteroatoms. The molecule has 0 spiro atoms. The molecule has 0 saturated heterocycles. The Hall–Kier alpha value is -4.08. The fraction of sp³-hybridized carbons (Fsp3) is 0.111. The van der Waals surface area contributed by atoms with Crippen LogP contribution in [0.5, 0.6) is 17.2 Å². The van der Waals surface area contributed by atoms with Crippen molar-refractivity contribution in [3.8, 4) is 34.6 Å². The predicted molar refractivity (Wildman–Crippen MR) is 131 cm³/mol. The molecule has 3 aromatic carbocycles. The SMILES string of the molecule is COc1cccc(-c2csc(C(C#N)=Cc3ccc(OCc4ccccc4)c(OC)c3)n2)c1. The van der Waals surface area contributed by atoms with Gasteiger partial charge in [0.25, 0.3) is 0 Å². The molecular weight excluding hydrogens is 432 g/mol. The molecule has 5 nitrogen and oxygen atoms in total. The number of methoxy groups -OCH3 is 2. The molecule has 4 aromatic rings. The third-order valence-electron chi connectivity index (χ3n) is 4.96. The van der Waals surface area contributed by atoms with Crippen LogP contribution in [0.1, 0.15) is 16.1 Å². The summed E-state index contributed by atoms with van der Waals surface area (Å²) in [6.07, 6.45) is 1.80. The fourth-order valence-corrected chi connectivity index (χ4v) is 4.04. The molecule has 0 bridgehead atoms. The van der Waals surface area contributed by atoms with Gasteiger partial charge in [-0.2, -0.15) is 5.26 Å². The molecule has 0 unspecified atom stereocenters. The van der Waals surface area contributed by atoms with Crippen LogP contribution >= 0.6 is 11.3 Å². The van der Waals surface area contributed by atoms with Crippen LogP contribution in [-0.4, -0.2) is 19.2 Å². The molecule has 0 atom stereocenters. The smallest absolute Gasteiger partial charge is 0.161 e. The quantitative estimate of drug-likeness (QED) is 0.286. The Bertz CT molecular complexity index is 1310. The number of hydrogen-bond donors (Lipinski definition) is 0. The van der Waals surface area contributed by atoms with Crippen LogP contribution in [0.3, 0.4) is 0 Å². The molecule has 4 rings (SSSR count). The van der Waals surface area contributed by atoms with E-state index < -0.39 is 0 Å². The van der Waals surface area contributed by atoms with Crippen LogP contribution in [-0.2, 0) is 6.61 Å². The Morgan fingerprint density at radius 3 is 2.58 bits per heavy atom. The van der Waals surface area contributed by atoms with E-state index in [1.165, 1.54) is 11.3 Å². The summed E-state index contributed by atoms with van der Waals surface area (Å²) in [5.74, 6) is 2.01. The first kappa shape index (κ1) is 22.1. The van der Waals surface area contributed by atoms with Gasteiger partial charge in [-0.3, -0.25) is 0 Å². The minimum absolute atomic E-state index is 0.446. The topological polar surface area (TPSA) is 64.4 Å². The highest BCUT2D eigenvalue weighted by molar-refractivity contribution is 7.11. The summed E-state index contributed by atoms with van der Waals surface area (Å²) in [5.41, 5.74) is 4.13. The lowest BCUT2D eigenvalue weighted by molar-refractivity contribution is 0.284. The minimum Gasteiger partial charge on any atom is -0.497 e. The van der Waals surface area contributed by atoms with Gasteiger partial charge in [-0.15, -0.1) is 11.3 Å². The second-order valence-electron chi connectivity index (χ2n) is 7.12. The molecule has 0 saturated carbocycles. The summed E-state index contributed by atoms with van der Waals surface area (Å²) in [6.45, 7) is 0.446. The van der Waals surface area contributed by atoms with Crippen molar-refractivity contribution < 1.29 is 14.2 Å². The molecule has 0 aliphatic carbocycles. The van der Waals surface area contributed by atoms with Gasteiger partial charge in [-0.1, -0.05) is 48.5 Å². The highest BCUT2D eigenvalue weighted by Gasteiger charge is 2.11. The Labute approximate surface area is 197 Å². The highest BCUT2D eigenvalue weighted by atomic mass is 32.1. The monoisotopic (exact) mass is 454 g/mol. The Kier molecular flexibility index (Phi) is 7.03. The summed E-state index contributed by atoms with van der Waals surface area (Å²) < 4.78 is 16.7. The number of nitriles is 1. The zero-order valence-corrected chi connectivity index (χ0v) is 19.1. The van der Waals surface area contributed by atoms with Crippen molar-refractivity contribution in [2.45, 2.75) is 6.61 Å². The minimum atomic E-state index is 0.446. The highest BCUT2D eigenvalue weighted by Crippen LogP contribution is 2.32. The number of rotatable bonds is 8. The van der Waals surface area contributed by atoms with Crippen molar-refractivity contribution in [1.82, 2.24) is 4.98 Å². The van der Waals surface area contributed by atoms with Crippen LogP contribution < -0.4 is 14.2 Å². The first-order valence-electron chi connectivity index (χ1n) is 10.3. The van der Waals surface area contributed by atoms with Crippen molar-refractivity contribution in [1.29, 1.82) is 5.26 Å². The largest absolute Gasteiger partial charge is 0.497 e. The molecule has 0 amide bonds. The number of ether oxygens (including phenoxy) is 3. The standard InChI is InChI=1S/C27H22N2O3S/c1-30-23-10-6-9-21(15-23)24-18-33-27(29-24)22(16-28)13-20-11-12-25(26(14-20)31-2)32-17-19-7-4-3-5-8-19/h3-15,18H,17H2,1-2H3. The van der Waals surface area contributed by atoms with Crippen molar-refractivity contribution in [3.63, 3.8) is 0 Å². The molecule has 0 radical (unpaired) electrons. The molecule has 33 heavy (non-hydrogen) atoms. The van der Waals surface area contributed by atoms with E-state index in [1.807, 2.05) is 78.2 Å². The molecule has 164 valence electrons. The Morgan fingerprint density at radius 2 is 1.82 bits per heavy atom. The second-order valence-corrected chi connectivity index (χ2v) is 7.98. The van der Waals surface area contributed by atoms with Crippen molar-refractivity contribution in [3.05, 3.63) is 94.3 Å². The van der Waals surface area contributed by atoms with Crippen LogP contribution in [0.4, 0.5) is 0 Å². The lowest BCUT2D eigenvalue weighted by atomic mass is 10.1. The zero-order valence-electron chi connectivity index (χ0n) is 18.3. The summed E-state index contributed by atoms with van der Waals surface area (Å²) in [7, 11) is 3.24. The van der Waals surface area contributed by atoms with E-state index in [-0.39, 0.29) is 0 Å². The summed E-state index contributed by atoms with van der Waals surface area (Å²) in [5, 5.41) is 12.4. The number of benzene rings is 3. The van der Waals surface area contributed by atoms with Gasteiger partial charge in [0.1, 0.15) is 23.4 Å². The van der Waals surface area contributed by atoms with Crippen LogP contribution in [0.2, 0.25) is 0 Å². The first-order chi connectivity index (χ1) is 16.2. The fourth-order valence-electron chi connectivity index (χ4n) is 3.25. The van der Waals surface area contributed by atoms with Crippen molar-refractivity contribution in [2.24, 2.45) is 0 Å². The Morgan fingerprint density at radius 1 is 0.970 bits per heavy atom. The number of hydrogen-bond acceptors (Lipinski definition) is 6. The third-order valence-corrected chi connectivity index (χ3v) is 5.83. The normalized spacial score (nSPS) is 11.0. The van der Waals surface area contributed by atoms with Gasteiger partial charge in [0, 0.05) is 10.9 Å². The van der Waals surface area contributed by atoms with Gasteiger partial charge in [0.15, 0.2) is 11.5 Å². The van der Waals surface area contributed by atoms with Crippen LogP contribution in [0.25, 0.3) is 22.9 Å². The van der Waals surface area contributed by atoms with Crippen LogP contribution in [0, 0.1) is 11.3 Å². The number of thiazole rings is 1. The van der Waals surface area contributed by atoms with Crippen molar-refractivity contribution in [2.75, 3.05) is 14.2 Å². The second kappa shape index (κ2) is 10.5. The Balaban J connectivity index is 1.55. The third kappa shape index (κ3) is 5.40. The summed E-state index contributed by atoms with van der Waals surface area (Å²) in [4.78, 5) is 4.66. The van der Waals surface area contributed by atoms with Crippen molar-refractivity contribution >= 4 is 23.0 Å². The summed E-state index contributed by atoms with van der Waals surface area (Å²) in [6, 6.07) is 25.5. The van der Waals surface area contributed by atoms with E-state index in [0.29, 0.717) is 28.7 Å². The van der Waals surface area contributed by atoms with Gasteiger partial charge in [0.05, 0.1) is 25.5 Å². The van der Waals surface area contributed by atoms with Gasteiger partial charge >= 0.3 is 0 Å². The van der Waals surface area contributed by atoms with E-state index in [0.717, 1.165) is 28.1 Å². The first-order valence-corrected chi connectivity index (χ1v) is 11.1. The van der Waals surface area contributed by atoms with E-state index in [9.17, 15) is 5.26 Å². The van der Waals surface area contributed by atoms with Gasteiger partial charge in [-0.25, -0.2) is 4.98 Å². The molecule has 1 heterocycles. The maximum atomic E-state index is 9.77. The molecule has 0 aliphatic heterocycles. The number of allylic oxidation sites excluding steroid dienone is 1. The molecule has 0 N–H and O–H groups in total. The lowest BCUT2D eigenvalue weighted by Gasteiger charge is -2.11. The van der Waals surface area contributed by atoms with E-state index in [1.54, 1.807) is 20.3 Å².